The third kappa shape index (κ3) is 5.36. The van der Waals surface area contributed by atoms with Gasteiger partial charge in [0.05, 0.1) is 31.6 Å². The number of rotatable bonds is 7. The van der Waals surface area contributed by atoms with Crippen molar-refractivity contribution in [3.63, 3.8) is 0 Å². The lowest BCUT2D eigenvalue weighted by molar-refractivity contribution is -0.149. The maximum absolute atomic E-state index is 16.2. The van der Waals surface area contributed by atoms with E-state index in [-0.39, 0.29) is 31.3 Å². The van der Waals surface area contributed by atoms with Crippen molar-refractivity contribution in [1.29, 1.82) is 0 Å². The molecular formula is C36H39FN4O5Si. The molecule has 1 aromatic heterocycles. The second-order valence-corrected chi connectivity index (χ2v) is 17.4. The third-order valence-corrected chi connectivity index (χ3v) is 12.7. The molecule has 0 aliphatic carbocycles. The van der Waals surface area contributed by atoms with Crippen LogP contribution in [0, 0.1) is 5.92 Å². The molecule has 3 amide bonds. The molecule has 47 heavy (non-hydrogen) atoms. The summed E-state index contributed by atoms with van der Waals surface area (Å²) >= 11 is 0. The molecule has 4 aromatic rings. The fourth-order valence-corrected chi connectivity index (χ4v) is 10.6. The molecule has 5 atom stereocenters. The molecule has 3 aromatic carbocycles. The van der Waals surface area contributed by atoms with Gasteiger partial charge in [-0.2, -0.15) is 0 Å². The molecule has 3 aliphatic heterocycles. The van der Waals surface area contributed by atoms with Gasteiger partial charge >= 0.3 is 0 Å². The fourth-order valence-electron chi connectivity index (χ4n) is 8.13. The monoisotopic (exact) mass is 654 g/mol. The van der Waals surface area contributed by atoms with Crippen molar-refractivity contribution in [2.45, 2.75) is 69.1 Å². The highest BCUT2D eigenvalue weighted by Gasteiger charge is 2.65. The van der Waals surface area contributed by atoms with Gasteiger partial charge < -0.3 is 34.5 Å². The van der Waals surface area contributed by atoms with Gasteiger partial charge in [-0.25, -0.2) is 0 Å². The first kappa shape index (κ1) is 31.3. The number of carbonyl (C=O) groups excluding carboxylic acids is 3. The van der Waals surface area contributed by atoms with E-state index in [1.807, 2.05) is 61.7 Å². The molecule has 7 rings (SSSR count). The van der Waals surface area contributed by atoms with Crippen LogP contribution in [0.1, 0.15) is 35.6 Å². The molecule has 0 saturated carbocycles. The van der Waals surface area contributed by atoms with E-state index < -0.39 is 43.5 Å². The first-order chi connectivity index (χ1) is 22.5. The number of anilines is 2. The second kappa shape index (κ2) is 11.7. The van der Waals surface area contributed by atoms with Gasteiger partial charge in [-0.05, 0) is 60.5 Å². The van der Waals surface area contributed by atoms with E-state index >= 15 is 4.11 Å². The number of benzene rings is 3. The number of nitrogens with one attached hydrogen (secondary N) is 3. The van der Waals surface area contributed by atoms with Crippen molar-refractivity contribution in [2.75, 3.05) is 17.2 Å². The first-order valence-corrected chi connectivity index (χ1v) is 19.1. The predicted molar refractivity (Wildman–Crippen MR) is 180 cm³/mol. The van der Waals surface area contributed by atoms with Crippen LogP contribution in [0.15, 0.2) is 72.9 Å². The quantitative estimate of drug-likeness (QED) is 0.157. The van der Waals surface area contributed by atoms with Crippen LogP contribution < -0.4 is 10.6 Å². The number of H-pyrrole nitrogens is 1. The molecule has 0 bridgehead atoms. The highest BCUT2D eigenvalue weighted by Crippen LogP contribution is 2.59. The minimum absolute atomic E-state index is 0.112. The van der Waals surface area contributed by atoms with Gasteiger partial charge in [-0.1, -0.05) is 49.4 Å². The Bertz CT molecular complexity index is 1890. The van der Waals surface area contributed by atoms with Gasteiger partial charge in [0.2, 0.25) is 20.2 Å². The molecule has 1 fully saturated rings. The molecule has 1 spiro atoms. The standard InChI is InChI=1S/C36H39FN4O5Si/c1-21-34(47(2,3)37)31(17-33(44)41-19-23-9-5-4-8-22(23)14-26(41)20-42)46-36(21)28-16-25(12-13-30(28)40-35(36)45)39-32(43)15-24-18-38-29-11-7-6-10-27(24)29/h4-13,16,18,21,26,31,34,38,42H,14-15,17,19-20H2,1-3H3,(H,39,43)(H,40,45)/t21-,26-,31+,34-,36+/m0/s1. The van der Waals surface area contributed by atoms with Gasteiger partial charge in [0, 0.05) is 52.0 Å². The van der Waals surface area contributed by atoms with E-state index in [1.165, 1.54) is 0 Å². The Hall–Kier alpha value is -4.32. The number of hydrogen-bond acceptors (Lipinski definition) is 5. The van der Waals surface area contributed by atoms with E-state index in [9.17, 15) is 19.5 Å². The van der Waals surface area contributed by atoms with Crippen LogP contribution in [0.25, 0.3) is 10.9 Å². The van der Waals surface area contributed by atoms with Crippen LogP contribution in [-0.2, 0) is 44.1 Å². The lowest BCUT2D eigenvalue weighted by Gasteiger charge is -2.37. The molecule has 4 N–H and O–H groups in total. The SMILES string of the molecule is C[C@H]1[C@H]([Si](C)(C)F)[C@@H](CC(=O)N2Cc3ccccc3C[C@H]2CO)O[C@]12C(=O)Nc1ccc(NC(=O)Cc3c[nH]c4ccccc34)cc12. The minimum Gasteiger partial charge on any atom is -0.394 e. The number of hydrogen-bond donors (Lipinski definition) is 4. The number of aliphatic hydroxyl groups is 1. The van der Waals surface area contributed by atoms with Crippen LogP contribution >= 0.6 is 0 Å². The minimum atomic E-state index is -3.49. The average Bonchev–Trinajstić information content (AvgIpc) is 3.67. The van der Waals surface area contributed by atoms with Crippen molar-refractivity contribution >= 4 is 48.4 Å². The van der Waals surface area contributed by atoms with Gasteiger partial charge in [0.1, 0.15) is 0 Å². The number of aromatic nitrogens is 1. The second-order valence-electron chi connectivity index (χ2n) is 13.6. The summed E-state index contributed by atoms with van der Waals surface area (Å²) in [6, 6.07) is 20.4. The Kier molecular flexibility index (Phi) is 7.81. The Morgan fingerprint density at radius 2 is 1.85 bits per heavy atom. The molecular weight excluding hydrogens is 616 g/mol. The lowest BCUT2D eigenvalue weighted by Crippen LogP contribution is -2.48. The highest BCUT2D eigenvalue weighted by molar-refractivity contribution is 6.72. The number of nitrogens with zero attached hydrogens (tertiary/aromatic N) is 1. The van der Waals surface area contributed by atoms with Crippen LogP contribution in [0.2, 0.25) is 18.6 Å². The number of aliphatic hydroxyl groups excluding tert-OH is 1. The average molecular weight is 655 g/mol. The zero-order valence-corrected chi connectivity index (χ0v) is 27.7. The number of halogens is 1. The maximum atomic E-state index is 16.2. The molecule has 4 heterocycles. The number of amides is 3. The summed E-state index contributed by atoms with van der Waals surface area (Å²) in [6.45, 7) is 5.17. The number of para-hydroxylation sites is 1. The van der Waals surface area contributed by atoms with E-state index in [1.54, 1.807) is 36.2 Å². The zero-order valence-electron chi connectivity index (χ0n) is 26.7. The van der Waals surface area contributed by atoms with Crippen molar-refractivity contribution in [3.05, 3.63) is 95.2 Å². The lowest BCUT2D eigenvalue weighted by atomic mass is 9.82. The van der Waals surface area contributed by atoms with Crippen LogP contribution in [0.3, 0.4) is 0 Å². The summed E-state index contributed by atoms with van der Waals surface area (Å²) in [6.07, 6.45) is 1.55. The van der Waals surface area contributed by atoms with Gasteiger partial charge in [0.25, 0.3) is 5.91 Å². The normalized spacial score (nSPS) is 25.1. The molecule has 0 unspecified atom stereocenters. The van der Waals surface area contributed by atoms with E-state index in [0.29, 0.717) is 29.9 Å². The zero-order chi connectivity index (χ0) is 33.1. The van der Waals surface area contributed by atoms with Crippen molar-refractivity contribution in [1.82, 2.24) is 9.88 Å². The Morgan fingerprint density at radius 1 is 1.11 bits per heavy atom. The van der Waals surface area contributed by atoms with E-state index in [0.717, 1.165) is 27.6 Å². The van der Waals surface area contributed by atoms with Crippen LogP contribution in [-0.4, -0.2) is 59.9 Å². The largest absolute Gasteiger partial charge is 0.394 e. The number of carbonyl (C=O) groups is 3. The van der Waals surface area contributed by atoms with E-state index in [4.69, 9.17) is 4.74 Å². The van der Waals surface area contributed by atoms with E-state index in [2.05, 4.69) is 15.6 Å². The van der Waals surface area contributed by atoms with Crippen LogP contribution in [0.4, 0.5) is 15.5 Å². The Morgan fingerprint density at radius 3 is 2.62 bits per heavy atom. The summed E-state index contributed by atoms with van der Waals surface area (Å²) in [5.41, 5.74) is 3.30. The number of aromatic amines is 1. The smallest absolute Gasteiger partial charge is 0.261 e. The first-order valence-electron chi connectivity index (χ1n) is 16.1. The van der Waals surface area contributed by atoms with Crippen molar-refractivity contribution in [3.8, 4) is 0 Å². The highest BCUT2D eigenvalue weighted by atomic mass is 28.4. The summed E-state index contributed by atoms with van der Waals surface area (Å²) in [7, 11) is -3.49. The molecule has 9 nitrogen and oxygen atoms in total. The number of fused-ring (bicyclic) bond motifs is 4. The fraction of sp³-hybridized carbons (Fsp3) is 0.361. The summed E-state index contributed by atoms with van der Waals surface area (Å²) in [5.74, 6) is -1.45. The summed E-state index contributed by atoms with van der Waals surface area (Å²) in [4.78, 5) is 45.7. The van der Waals surface area contributed by atoms with Gasteiger partial charge in [0.15, 0.2) is 5.60 Å². The maximum Gasteiger partial charge on any atom is 0.261 e. The van der Waals surface area contributed by atoms with Crippen molar-refractivity contribution in [2.24, 2.45) is 5.92 Å². The molecule has 0 radical (unpaired) electrons. The molecule has 1 saturated heterocycles. The summed E-state index contributed by atoms with van der Waals surface area (Å²) < 4.78 is 22.9. The Balaban J connectivity index is 1.15. The predicted octanol–water partition coefficient (Wildman–Crippen LogP) is 5.41. The molecule has 11 heteroatoms. The molecule has 3 aliphatic rings. The Labute approximate surface area is 273 Å². The van der Waals surface area contributed by atoms with Gasteiger partial charge in [-0.3, -0.25) is 14.4 Å². The van der Waals surface area contributed by atoms with Crippen molar-refractivity contribution < 1.29 is 28.3 Å². The molecule has 244 valence electrons. The topological polar surface area (TPSA) is 124 Å². The summed E-state index contributed by atoms with van der Waals surface area (Å²) in [5, 5.41) is 17.0. The van der Waals surface area contributed by atoms with Gasteiger partial charge in [-0.15, -0.1) is 0 Å². The third-order valence-electron chi connectivity index (χ3n) is 10.3. The van der Waals surface area contributed by atoms with Crippen LogP contribution in [0.5, 0.6) is 0 Å². The number of ether oxygens (including phenoxy) is 1.